The van der Waals surface area contributed by atoms with Gasteiger partial charge in [0.2, 0.25) is 11.8 Å². The van der Waals surface area contributed by atoms with Gasteiger partial charge in [0.1, 0.15) is 12.2 Å². The number of piperidine rings is 1. The standard InChI is InChI=1S/C18H24FN3O4/c1-2-26-18(25)22-9-7-14(8-10-22)21-17(24)11-16(23)20-12-13-5-3-4-6-15(13)19/h3-6,14H,2,7-12H2,1H3,(H,20,23)(H,21,24). The molecule has 1 aliphatic heterocycles. The van der Waals surface area contributed by atoms with Crippen LogP contribution in [0.2, 0.25) is 0 Å². The fraction of sp³-hybridized carbons (Fsp3) is 0.500. The van der Waals surface area contributed by atoms with Gasteiger partial charge in [-0.1, -0.05) is 18.2 Å². The third-order valence-corrected chi connectivity index (χ3v) is 4.14. The summed E-state index contributed by atoms with van der Waals surface area (Å²) in [5.41, 5.74) is 0.368. The van der Waals surface area contributed by atoms with Crippen LogP contribution in [0.5, 0.6) is 0 Å². The Kier molecular flexibility index (Phi) is 7.37. The molecular formula is C18H24FN3O4. The molecule has 8 heteroatoms. The molecule has 0 bridgehead atoms. The minimum Gasteiger partial charge on any atom is -0.450 e. The SMILES string of the molecule is CCOC(=O)N1CCC(NC(=O)CC(=O)NCc2ccccc2F)CC1. The molecule has 26 heavy (non-hydrogen) atoms. The Morgan fingerprint density at radius 3 is 2.54 bits per heavy atom. The van der Waals surface area contributed by atoms with Gasteiger partial charge in [0, 0.05) is 31.2 Å². The number of rotatable bonds is 6. The van der Waals surface area contributed by atoms with Crippen LogP contribution in [0.15, 0.2) is 24.3 Å². The summed E-state index contributed by atoms with van der Waals surface area (Å²) in [4.78, 5) is 37.0. The summed E-state index contributed by atoms with van der Waals surface area (Å²) in [6, 6.07) is 6.07. The number of nitrogens with zero attached hydrogens (tertiary/aromatic N) is 1. The Labute approximate surface area is 151 Å². The fourth-order valence-corrected chi connectivity index (χ4v) is 2.74. The second-order valence-corrected chi connectivity index (χ2v) is 6.07. The normalized spacial score (nSPS) is 14.6. The van der Waals surface area contributed by atoms with Crippen molar-refractivity contribution in [3.63, 3.8) is 0 Å². The van der Waals surface area contributed by atoms with Crippen LogP contribution in [-0.4, -0.2) is 48.5 Å². The van der Waals surface area contributed by atoms with Crippen molar-refractivity contribution in [2.45, 2.75) is 38.8 Å². The van der Waals surface area contributed by atoms with E-state index in [0.29, 0.717) is 38.1 Å². The maximum absolute atomic E-state index is 13.5. The number of likely N-dealkylation sites (tertiary alicyclic amines) is 1. The lowest BCUT2D eigenvalue weighted by molar-refractivity contribution is -0.129. The number of carbonyl (C=O) groups excluding carboxylic acids is 3. The summed E-state index contributed by atoms with van der Waals surface area (Å²) in [5.74, 6) is -1.24. The number of halogens is 1. The molecule has 0 spiro atoms. The number of hydrogen-bond acceptors (Lipinski definition) is 4. The summed E-state index contributed by atoms with van der Waals surface area (Å²) >= 11 is 0. The Morgan fingerprint density at radius 2 is 1.88 bits per heavy atom. The van der Waals surface area contributed by atoms with Crippen molar-refractivity contribution < 1.29 is 23.5 Å². The molecule has 1 saturated heterocycles. The largest absolute Gasteiger partial charge is 0.450 e. The molecule has 7 nitrogen and oxygen atoms in total. The average molecular weight is 365 g/mol. The zero-order valence-corrected chi connectivity index (χ0v) is 14.8. The van der Waals surface area contributed by atoms with E-state index in [1.165, 1.54) is 6.07 Å². The van der Waals surface area contributed by atoms with Gasteiger partial charge < -0.3 is 20.3 Å². The lowest BCUT2D eigenvalue weighted by Crippen LogP contribution is -2.47. The van der Waals surface area contributed by atoms with E-state index >= 15 is 0 Å². The van der Waals surface area contributed by atoms with Gasteiger partial charge in [0.15, 0.2) is 0 Å². The molecule has 0 saturated carbocycles. The topological polar surface area (TPSA) is 87.7 Å². The summed E-state index contributed by atoms with van der Waals surface area (Å²) < 4.78 is 18.4. The highest BCUT2D eigenvalue weighted by molar-refractivity contribution is 5.96. The highest BCUT2D eigenvalue weighted by atomic mass is 19.1. The smallest absolute Gasteiger partial charge is 0.409 e. The molecule has 2 N–H and O–H groups in total. The molecule has 0 atom stereocenters. The van der Waals surface area contributed by atoms with Crippen LogP contribution in [0.1, 0.15) is 31.7 Å². The highest BCUT2D eigenvalue weighted by Crippen LogP contribution is 2.11. The zero-order valence-electron chi connectivity index (χ0n) is 14.8. The number of hydrogen-bond donors (Lipinski definition) is 2. The van der Waals surface area contributed by atoms with E-state index in [1.54, 1.807) is 30.0 Å². The predicted molar refractivity (Wildman–Crippen MR) is 92.6 cm³/mol. The number of benzene rings is 1. The van der Waals surface area contributed by atoms with Gasteiger partial charge in [0.05, 0.1) is 6.61 Å². The van der Waals surface area contributed by atoms with Gasteiger partial charge in [-0.05, 0) is 25.8 Å². The Bertz CT molecular complexity index is 645. The lowest BCUT2D eigenvalue weighted by atomic mass is 10.1. The second kappa shape index (κ2) is 9.74. The molecule has 142 valence electrons. The number of amides is 3. The summed E-state index contributed by atoms with van der Waals surface area (Å²) in [6.07, 6.45) is 0.569. The molecule has 1 aliphatic rings. The minimum atomic E-state index is -0.463. The first-order valence-electron chi connectivity index (χ1n) is 8.70. The van der Waals surface area contributed by atoms with Crippen LogP contribution < -0.4 is 10.6 Å². The van der Waals surface area contributed by atoms with Gasteiger partial charge in [0.25, 0.3) is 0 Å². The lowest BCUT2D eigenvalue weighted by Gasteiger charge is -2.31. The van der Waals surface area contributed by atoms with E-state index in [0.717, 1.165) is 0 Å². The van der Waals surface area contributed by atoms with Gasteiger partial charge in [-0.2, -0.15) is 0 Å². The van der Waals surface area contributed by atoms with Crippen LogP contribution in [0.4, 0.5) is 9.18 Å². The molecule has 0 radical (unpaired) electrons. The number of carbonyl (C=O) groups is 3. The molecule has 1 aromatic carbocycles. The Balaban J connectivity index is 1.68. The average Bonchev–Trinajstić information content (AvgIpc) is 2.61. The van der Waals surface area contributed by atoms with Crippen molar-refractivity contribution >= 4 is 17.9 Å². The molecule has 2 rings (SSSR count). The zero-order chi connectivity index (χ0) is 18.9. The maximum atomic E-state index is 13.5. The van der Waals surface area contributed by atoms with Crippen LogP contribution >= 0.6 is 0 Å². The Hall–Kier alpha value is -2.64. The van der Waals surface area contributed by atoms with Crippen molar-refractivity contribution in [3.05, 3.63) is 35.6 Å². The van der Waals surface area contributed by atoms with Crippen LogP contribution in [0.3, 0.4) is 0 Å². The first kappa shape index (κ1) is 19.7. The van der Waals surface area contributed by atoms with E-state index in [1.807, 2.05) is 0 Å². The van der Waals surface area contributed by atoms with Crippen molar-refractivity contribution in [2.75, 3.05) is 19.7 Å². The van der Waals surface area contributed by atoms with E-state index in [-0.39, 0.29) is 31.0 Å². The van der Waals surface area contributed by atoms with Crippen molar-refractivity contribution in [1.82, 2.24) is 15.5 Å². The van der Waals surface area contributed by atoms with Crippen LogP contribution in [-0.2, 0) is 20.9 Å². The van der Waals surface area contributed by atoms with Crippen LogP contribution in [0.25, 0.3) is 0 Å². The monoisotopic (exact) mass is 365 g/mol. The van der Waals surface area contributed by atoms with E-state index in [9.17, 15) is 18.8 Å². The van der Waals surface area contributed by atoms with Gasteiger partial charge in [-0.15, -0.1) is 0 Å². The van der Waals surface area contributed by atoms with Gasteiger partial charge in [-0.25, -0.2) is 9.18 Å². The molecule has 1 aromatic rings. The second-order valence-electron chi connectivity index (χ2n) is 6.07. The van der Waals surface area contributed by atoms with Gasteiger partial charge in [-0.3, -0.25) is 9.59 Å². The molecule has 0 aromatic heterocycles. The molecular weight excluding hydrogens is 341 g/mol. The first-order valence-corrected chi connectivity index (χ1v) is 8.70. The summed E-state index contributed by atoms with van der Waals surface area (Å²) in [6.45, 7) is 3.13. The highest BCUT2D eigenvalue weighted by Gasteiger charge is 2.25. The Morgan fingerprint density at radius 1 is 1.19 bits per heavy atom. The van der Waals surface area contributed by atoms with Crippen LogP contribution in [0, 0.1) is 5.82 Å². The summed E-state index contributed by atoms with van der Waals surface area (Å²) in [5, 5.41) is 5.33. The van der Waals surface area contributed by atoms with Crippen molar-refractivity contribution in [3.8, 4) is 0 Å². The molecule has 3 amide bonds. The van der Waals surface area contributed by atoms with Crippen molar-refractivity contribution in [1.29, 1.82) is 0 Å². The fourth-order valence-electron chi connectivity index (χ4n) is 2.74. The minimum absolute atomic E-state index is 0.0384. The van der Waals surface area contributed by atoms with E-state index in [2.05, 4.69) is 10.6 Å². The molecule has 1 heterocycles. The third kappa shape index (κ3) is 6.02. The first-order chi connectivity index (χ1) is 12.5. The third-order valence-electron chi connectivity index (χ3n) is 4.14. The predicted octanol–water partition coefficient (Wildman–Crippen LogP) is 1.57. The van der Waals surface area contributed by atoms with Crippen molar-refractivity contribution in [2.24, 2.45) is 0 Å². The van der Waals surface area contributed by atoms with E-state index < -0.39 is 11.7 Å². The molecule has 0 aliphatic carbocycles. The summed E-state index contributed by atoms with van der Waals surface area (Å²) in [7, 11) is 0. The molecule has 0 unspecified atom stereocenters. The quantitative estimate of drug-likeness (QED) is 0.749. The van der Waals surface area contributed by atoms with E-state index in [4.69, 9.17) is 4.74 Å². The van der Waals surface area contributed by atoms with Gasteiger partial charge >= 0.3 is 6.09 Å². The maximum Gasteiger partial charge on any atom is 0.409 e. The molecule has 1 fully saturated rings. The number of nitrogens with one attached hydrogen (secondary N) is 2. The number of ether oxygens (including phenoxy) is 1.